The number of piperazine rings is 1. The topological polar surface area (TPSA) is 42.0 Å². The molecule has 2 saturated heterocycles. The molecule has 122 valence electrons. The normalized spacial score (nSPS) is 25.9. The standard InChI is InChI=1S/C16H30N2O3/c1-13-11-17(12-14-5-9-20-10-6-14)7-8-18(13)15(19)21-16(2,3)4/h13-14H,5-12H2,1-4H3/t13-/m1/s1. The molecule has 0 aromatic heterocycles. The third-order valence-electron chi connectivity index (χ3n) is 4.20. The Bertz CT molecular complexity index is 348. The van der Waals surface area contributed by atoms with Gasteiger partial charge < -0.3 is 14.4 Å². The second kappa shape index (κ2) is 6.97. The average Bonchev–Trinajstić information content (AvgIpc) is 2.37. The van der Waals surface area contributed by atoms with Crippen molar-refractivity contribution in [3.05, 3.63) is 0 Å². The van der Waals surface area contributed by atoms with Gasteiger partial charge in [-0.15, -0.1) is 0 Å². The molecule has 0 radical (unpaired) electrons. The zero-order chi connectivity index (χ0) is 15.5. The SMILES string of the molecule is C[C@@H]1CN(CC2CCOCC2)CCN1C(=O)OC(C)(C)C. The molecular weight excluding hydrogens is 268 g/mol. The molecule has 0 bridgehead atoms. The van der Waals surface area contributed by atoms with Crippen LogP contribution >= 0.6 is 0 Å². The minimum atomic E-state index is -0.421. The molecule has 0 aliphatic carbocycles. The van der Waals surface area contributed by atoms with Crippen LogP contribution in [0.1, 0.15) is 40.5 Å². The predicted octanol–water partition coefficient (Wildman–Crippen LogP) is 2.35. The van der Waals surface area contributed by atoms with E-state index >= 15 is 0 Å². The van der Waals surface area contributed by atoms with Gasteiger partial charge in [0.05, 0.1) is 0 Å². The molecule has 0 aromatic carbocycles. The summed E-state index contributed by atoms with van der Waals surface area (Å²) in [5.41, 5.74) is -0.421. The molecule has 21 heavy (non-hydrogen) atoms. The lowest BCUT2D eigenvalue weighted by Gasteiger charge is -2.41. The maximum absolute atomic E-state index is 12.2. The minimum absolute atomic E-state index is 0.180. The summed E-state index contributed by atoms with van der Waals surface area (Å²) < 4.78 is 10.9. The molecule has 1 amide bonds. The number of ether oxygens (including phenoxy) is 2. The summed E-state index contributed by atoms with van der Waals surface area (Å²) in [5.74, 6) is 0.749. The van der Waals surface area contributed by atoms with Gasteiger partial charge in [0.25, 0.3) is 0 Å². The number of amides is 1. The highest BCUT2D eigenvalue weighted by Gasteiger charge is 2.31. The van der Waals surface area contributed by atoms with Gasteiger partial charge in [0, 0.05) is 45.4 Å². The van der Waals surface area contributed by atoms with E-state index in [2.05, 4.69) is 11.8 Å². The first-order valence-electron chi connectivity index (χ1n) is 8.15. The fourth-order valence-corrected chi connectivity index (χ4v) is 3.08. The van der Waals surface area contributed by atoms with Crippen molar-refractivity contribution in [1.29, 1.82) is 0 Å². The van der Waals surface area contributed by atoms with Gasteiger partial charge >= 0.3 is 6.09 Å². The van der Waals surface area contributed by atoms with Crippen LogP contribution in [-0.4, -0.2) is 66.9 Å². The molecule has 5 heteroatoms. The van der Waals surface area contributed by atoms with Crippen molar-refractivity contribution in [1.82, 2.24) is 9.80 Å². The largest absolute Gasteiger partial charge is 0.444 e. The van der Waals surface area contributed by atoms with Crippen LogP contribution in [0.2, 0.25) is 0 Å². The summed E-state index contributed by atoms with van der Waals surface area (Å²) in [6, 6.07) is 0.216. The summed E-state index contributed by atoms with van der Waals surface area (Å²) in [6.45, 7) is 13.4. The lowest BCUT2D eigenvalue weighted by Crippen LogP contribution is -2.55. The highest BCUT2D eigenvalue weighted by molar-refractivity contribution is 5.68. The number of hydrogen-bond acceptors (Lipinski definition) is 4. The van der Waals surface area contributed by atoms with Gasteiger partial charge in [-0.25, -0.2) is 4.79 Å². The Morgan fingerprint density at radius 3 is 2.48 bits per heavy atom. The summed E-state index contributed by atoms with van der Waals surface area (Å²) >= 11 is 0. The van der Waals surface area contributed by atoms with Gasteiger partial charge in [-0.1, -0.05) is 0 Å². The zero-order valence-corrected chi connectivity index (χ0v) is 13.9. The van der Waals surface area contributed by atoms with Crippen molar-refractivity contribution in [2.45, 2.75) is 52.2 Å². The Morgan fingerprint density at radius 1 is 1.24 bits per heavy atom. The fourth-order valence-electron chi connectivity index (χ4n) is 3.08. The molecule has 2 rings (SSSR count). The molecule has 0 unspecified atom stereocenters. The van der Waals surface area contributed by atoms with Crippen molar-refractivity contribution in [3.63, 3.8) is 0 Å². The highest BCUT2D eigenvalue weighted by Crippen LogP contribution is 2.20. The maximum Gasteiger partial charge on any atom is 0.410 e. The van der Waals surface area contributed by atoms with E-state index in [1.54, 1.807) is 0 Å². The Kier molecular flexibility index (Phi) is 5.49. The third kappa shape index (κ3) is 5.15. The number of hydrogen-bond donors (Lipinski definition) is 0. The second-order valence-electron chi connectivity index (χ2n) is 7.34. The molecule has 2 fully saturated rings. The van der Waals surface area contributed by atoms with Crippen molar-refractivity contribution in [2.24, 2.45) is 5.92 Å². The number of carbonyl (C=O) groups excluding carboxylic acids is 1. The van der Waals surface area contributed by atoms with Crippen LogP contribution in [0, 0.1) is 5.92 Å². The van der Waals surface area contributed by atoms with Crippen LogP contribution in [-0.2, 0) is 9.47 Å². The molecule has 2 aliphatic heterocycles. The maximum atomic E-state index is 12.2. The van der Waals surface area contributed by atoms with E-state index in [4.69, 9.17) is 9.47 Å². The molecular formula is C16H30N2O3. The van der Waals surface area contributed by atoms with Crippen LogP contribution in [0.25, 0.3) is 0 Å². The first-order chi connectivity index (χ1) is 9.85. The van der Waals surface area contributed by atoms with Crippen LogP contribution in [0.4, 0.5) is 4.79 Å². The summed E-state index contributed by atoms with van der Waals surface area (Å²) in [6.07, 6.45) is 2.15. The number of nitrogens with zero attached hydrogens (tertiary/aromatic N) is 2. The molecule has 1 atom stereocenters. The van der Waals surface area contributed by atoms with Crippen LogP contribution in [0.5, 0.6) is 0 Å². The van der Waals surface area contributed by atoms with Gasteiger partial charge in [0.15, 0.2) is 0 Å². The molecule has 0 spiro atoms. The first kappa shape index (κ1) is 16.6. The Balaban J connectivity index is 1.79. The summed E-state index contributed by atoms with van der Waals surface area (Å²) in [4.78, 5) is 16.5. The predicted molar refractivity (Wildman–Crippen MR) is 82.4 cm³/mol. The lowest BCUT2D eigenvalue weighted by molar-refractivity contribution is -0.00458. The van der Waals surface area contributed by atoms with Crippen molar-refractivity contribution in [2.75, 3.05) is 39.4 Å². The molecule has 0 N–H and O–H groups in total. The van der Waals surface area contributed by atoms with E-state index in [1.165, 1.54) is 12.8 Å². The number of carbonyl (C=O) groups is 1. The van der Waals surface area contributed by atoms with Gasteiger partial charge in [0.2, 0.25) is 0 Å². The first-order valence-corrected chi connectivity index (χ1v) is 8.15. The van der Waals surface area contributed by atoms with Crippen LogP contribution in [0.15, 0.2) is 0 Å². The van der Waals surface area contributed by atoms with E-state index in [0.29, 0.717) is 0 Å². The molecule has 0 aromatic rings. The smallest absolute Gasteiger partial charge is 0.410 e. The Labute approximate surface area is 128 Å². The van der Waals surface area contributed by atoms with Crippen molar-refractivity contribution >= 4 is 6.09 Å². The number of rotatable bonds is 2. The van der Waals surface area contributed by atoms with Gasteiger partial charge in [-0.05, 0) is 46.5 Å². The van der Waals surface area contributed by atoms with Gasteiger partial charge in [0.1, 0.15) is 5.60 Å². The highest BCUT2D eigenvalue weighted by atomic mass is 16.6. The monoisotopic (exact) mass is 298 g/mol. The van der Waals surface area contributed by atoms with Crippen LogP contribution < -0.4 is 0 Å². The quantitative estimate of drug-likeness (QED) is 0.785. The average molecular weight is 298 g/mol. The van der Waals surface area contributed by atoms with Gasteiger partial charge in [-0.3, -0.25) is 4.90 Å². The fraction of sp³-hybridized carbons (Fsp3) is 0.938. The summed E-state index contributed by atoms with van der Waals surface area (Å²) in [7, 11) is 0. The van der Waals surface area contributed by atoms with E-state index in [-0.39, 0.29) is 12.1 Å². The minimum Gasteiger partial charge on any atom is -0.444 e. The van der Waals surface area contributed by atoms with E-state index < -0.39 is 5.60 Å². The van der Waals surface area contributed by atoms with E-state index in [9.17, 15) is 4.79 Å². The zero-order valence-electron chi connectivity index (χ0n) is 13.9. The molecule has 2 aliphatic rings. The molecule has 2 heterocycles. The van der Waals surface area contributed by atoms with Crippen LogP contribution in [0.3, 0.4) is 0 Å². The third-order valence-corrected chi connectivity index (χ3v) is 4.20. The van der Waals surface area contributed by atoms with Crippen molar-refractivity contribution < 1.29 is 14.3 Å². The van der Waals surface area contributed by atoms with E-state index in [0.717, 1.165) is 45.3 Å². The van der Waals surface area contributed by atoms with E-state index in [1.807, 2.05) is 25.7 Å². The lowest BCUT2D eigenvalue weighted by atomic mass is 9.99. The van der Waals surface area contributed by atoms with Gasteiger partial charge in [-0.2, -0.15) is 0 Å². The summed E-state index contributed by atoms with van der Waals surface area (Å²) in [5, 5.41) is 0. The molecule has 5 nitrogen and oxygen atoms in total. The molecule has 0 saturated carbocycles. The Hall–Kier alpha value is -0.810. The Morgan fingerprint density at radius 2 is 1.90 bits per heavy atom. The second-order valence-corrected chi connectivity index (χ2v) is 7.34. The van der Waals surface area contributed by atoms with Crippen molar-refractivity contribution in [3.8, 4) is 0 Å².